The number of hydrogen-bond donors (Lipinski definition) is 0. The second-order valence-electron chi connectivity index (χ2n) is 3.30. The van der Waals surface area contributed by atoms with Crippen molar-refractivity contribution in [1.82, 2.24) is 14.7 Å². The summed E-state index contributed by atoms with van der Waals surface area (Å²) >= 11 is 0. The van der Waals surface area contributed by atoms with Gasteiger partial charge in [0.1, 0.15) is 5.52 Å². The van der Waals surface area contributed by atoms with E-state index in [1.165, 1.54) is 0 Å². The molecule has 0 aliphatic heterocycles. The molecule has 1 aromatic carbocycles. The first-order chi connectivity index (χ1) is 7.21. The first kappa shape index (κ1) is 10.3. The average molecular weight is 223 g/mol. The molecule has 0 amide bonds. The Bertz CT molecular complexity index is 467. The van der Waals surface area contributed by atoms with Crippen LogP contribution in [0.2, 0.25) is 6.55 Å². The number of benzene rings is 1. The zero-order chi connectivity index (χ0) is 10.9. The largest absolute Gasteiger partial charge is 0.478 e. The standard InChI is InChI=1S/C9H13N3O2Si/c1-13-15(3,14-2)12-9-7-5-4-6-8(9)10-11-12/h4-7H,1-3H3. The van der Waals surface area contributed by atoms with Crippen LogP contribution in [0.5, 0.6) is 0 Å². The Morgan fingerprint density at radius 3 is 2.53 bits per heavy atom. The maximum atomic E-state index is 5.42. The summed E-state index contributed by atoms with van der Waals surface area (Å²) in [7, 11) is 0.820. The van der Waals surface area contributed by atoms with E-state index in [9.17, 15) is 0 Å². The van der Waals surface area contributed by atoms with Gasteiger partial charge in [-0.1, -0.05) is 17.3 Å². The minimum atomic E-state index is -2.44. The van der Waals surface area contributed by atoms with E-state index in [1.54, 1.807) is 18.6 Å². The van der Waals surface area contributed by atoms with Crippen molar-refractivity contribution in [2.45, 2.75) is 6.55 Å². The second-order valence-corrected chi connectivity index (χ2v) is 6.33. The third-order valence-electron chi connectivity index (χ3n) is 2.49. The lowest BCUT2D eigenvalue weighted by atomic mass is 10.3. The van der Waals surface area contributed by atoms with E-state index in [0.29, 0.717) is 0 Å². The lowest BCUT2D eigenvalue weighted by molar-refractivity contribution is 0.234. The highest BCUT2D eigenvalue weighted by Crippen LogP contribution is 2.16. The molecule has 0 fully saturated rings. The van der Waals surface area contributed by atoms with Gasteiger partial charge < -0.3 is 8.85 Å². The van der Waals surface area contributed by atoms with Crippen molar-refractivity contribution < 1.29 is 8.85 Å². The van der Waals surface area contributed by atoms with Gasteiger partial charge in [0.15, 0.2) is 0 Å². The predicted molar refractivity (Wildman–Crippen MR) is 58.6 cm³/mol. The van der Waals surface area contributed by atoms with Crippen molar-refractivity contribution in [2.75, 3.05) is 14.2 Å². The third-order valence-corrected chi connectivity index (χ3v) is 5.11. The summed E-state index contributed by atoms with van der Waals surface area (Å²) in [6, 6.07) is 7.75. The summed E-state index contributed by atoms with van der Waals surface area (Å²) < 4.78 is 12.6. The first-order valence-corrected chi connectivity index (χ1v) is 6.89. The molecule has 0 saturated heterocycles. The van der Waals surface area contributed by atoms with E-state index in [2.05, 4.69) is 10.3 Å². The molecule has 2 aromatic rings. The quantitative estimate of drug-likeness (QED) is 0.732. The van der Waals surface area contributed by atoms with Crippen LogP contribution in [0.1, 0.15) is 0 Å². The van der Waals surface area contributed by atoms with Gasteiger partial charge >= 0.3 is 8.72 Å². The van der Waals surface area contributed by atoms with Crippen molar-refractivity contribution in [3.8, 4) is 0 Å². The lowest BCUT2D eigenvalue weighted by Gasteiger charge is -2.21. The van der Waals surface area contributed by atoms with Crippen LogP contribution in [0.15, 0.2) is 24.3 Å². The second kappa shape index (κ2) is 3.73. The summed E-state index contributed by atoms with van der Waals surface area (Å²) in [5.74, 6) is 0. The fourth-order valence-corrected chi connectivity index (χ4v) is 2.77. The molecule has 1 heterocycles. The zero-order valence-corrected chi connectivity index (χ0v) is 9.97. The number of hydrogen-bond acceptors (Lipinski definition) is 4. The molecular weight excluding hydrogens is 210 g/mol. The molecule has 15 heavy (non-hydrogen) atoms. The van der Waals surface area contributed by atoms with Gasteiger partial charge in [0, 0.05) is 20.8 Å². The molecule has 0 radical (unpaired) electrons. The summed E-state index contributed by atoms with van der Waals surface area (Å²) in [4.78, 5) is 0. The van der Waals surface area contributed by atoms with Gasteiger partial charge in [0.05, 0.1) is 5.52 Å². The fraction of sp³-hybridized carbons (Fsp3) is 0.333. The Hall–Kier alpha value is -1.24. The van der Waals surface area contributed by atoms with Crippen LogP contribution in [0.4, 0.5) is 0 Å². The summed E-state index contributed by atoms with van der Waals surface area (Å²) in [5.41, 5.74) is 1.79. The van der Waals surface area contributed by atoms with Gasteiger partial charge in [-0.2, -0.15) is 0 Å². The molecule has 0 aliphatic carbocycles. The van der Waals surface area contributed by atoms with Gasteiger partial charge in [0.2, 0.25) is 0 Å². The van der Waals surface area contributed by atoms with E-state index in [4.69, 9.17) is 8.85 Å². The summed E-state index contributed by atoms with van der Waals surface area (Å²) in [6.07, 6.45) is 0. The highest BCUT2D eigenvalue weighted by atomic mass is 28.4. The molecule has 0 bridgehead atoms. The van der Waals surface area contributed by atoms with E-state index >= 15 is 0 Å². The molecule has 1 aromatic heterocycles. The fourth-order valence-electron chi connectivity index (χ4n) is 1.43. The van der Waals surface area contributed by atoms with Crippen LogP contribution in [0.3, 0.4) is 0 Å². The number of rotatable bonds is 3. The Kier molecular flexibility index (Phi) is 2.55. The van der Waals surface area contributed by atoms with Crippen molar-refractivity contribution in [2.24, 2.45) is 0 Å². The molecule has 0 atom stereocenters. The van der Waals surface area contributed by atoms with E-state index in [-0.39, 0.29) is 0 Å². The molecule has 0 spiro atoms. The smallest absolute Gasteiger partial charge is 0.381 e. The molecule has 5 nitrogen and oxygen atoms in total. The average Bonchev–Trinajstić information content (AvgIpc) is 2.72. The first-order valence-electron chi connectivity index (χ1n) is 4.62. The molecular formula is C9H13N3O2Si. The normalized spacial score (nSPS) is 12.2. The molecule has 0 N–H and O–H groups in total. The highest BCUT2D eigenvalue weighted by molar-refractivity contribution is 6.64. The molecule has 2 rings (SSSR count). The highest BCUT2D eigenvalue weighted by Gasteiger charge is 2.35. The van der Waals surface area contributed by atoms with Crippen LogP contribution in [-0.4, -0.2) is 37.6 Å². The molecule has 0 aliphatic rings. The van der Waals surface area contributed by atoms with Crippen LogP contribution in [0, 0.1) is 0 Å². The van der Waals surface area contributed by atoms with Crippen LogP contribution in [0.25, 0.3) is 11.0 Å². The van der Waals surface area contributed by atoms with Crippen LogP contribution in [-0.2, 0) is 8.85 Å². The predicted octanol–water partition coefficient (Wildman–Crippen LogP) is 1.14. The van der Waals surface area contributed by atoms with E-state index in [0.717, 1.165) is 11.0 Å². The van der Waals surface area contributed by atoms with Crippen molar-refractivity contribution in [1.29, 1.82) is 0 Å². The Balaban J connectivity index is 2.61. The van der Waals surface area contributed by atoms with Gasteiger partial charge in [-0.25, -0.2) is 4.35 Å². The number of aromatic nitrogens is 3. The van der Waals surface area contributed by atoms with E-state index in [1.807, 2.05) is 30.8 Å². The van der Waals surface area contributed by atoms with Gasteiger partial charge in [0.25, 0.3) is 0 Å². The number of para-hydroxylation sites is 1. The topological polar surface area (TPSA) is 49.2 Å². The monoisotopic (exact) mass is 223 g/mol. The minimum absolute atomic E-state index is 0.852. The summed E-state index contributed by atoms with van der Waals surface area (Å²) in [5, 5.41) is 8.16. The minimum Gasteiger partial charge on any atom is -0.381 e. The van der Waals surface area contributed by atoms with Crippen LogP contribution < -0.4 is 0 Å². The van der Waals surface area contributed by atoms with Crippen molar-refractivity contribution in [3.63, 3.8) is 0 Å². The molecule has 6 heteroatoms. The number of fused-ring (bicyclic) bond motifs is 1. The van der Waals surface area contributed by atoms with E-state index < -0.39 is 8.72 Å². The number of nitrogens with zero attached hydrogens (tertiary/aromatic N) is 3. The molecule has 0 unspecified atom stereocenters. The van der Waals surface area contributed by atoms with Gasteiger partial charge in [-0.15, -0.1) is 5.10 Å². The van der Waals surface area contributed by atoms with Crippen molar-refractivity contribution in [3.05, 3.63) is 24.3 Å². The third kappa shape index (κ3) is 1.56. The maximum absolute atomic E-state index is 5.42. The van der Waals surface area contributed by atoms with Crippen LogP contribution >= 0.6 is 0 Å². The lowest BCUT2D eigenvalue weighted by Crippen LogP contribution is -2.46. The Morgan fingerprint density at radius 2 is 1.87 bits per heavy atom. The Labute approximate surface area is 88.9 Å². The summed E-state index contributed by atoms with van der Waals surface area (Å²) in [6.45, 7) is 1.92. The molecule has 80 valence electrons. The van der Waals surface area contributed by atoms with Gasteiger partial charge in [-0.3, -0.25) is 0 Å². The maximum Gasteiger partial charge on any atom is 0.478 e. The van der Waals surface area contributed by atoms with Crippen molar-refractivity contribution >= 4 is 19.8 Å². The van der Waals surface area contributed by atoms with Gasteiger partial charge in [-0.05, 0) is 12.1 Å². The SMILES string of the molecule is CO[Si](C)(OC)n1nnc2ccccc21. The zero-order valence-electron chi connectivity index (χ0n) is 8.97. The Morgan fingerprint density at radius 1 is 1.20 bits per heavy atom. The molecule has 0 saturated carbocycles.